The Morgan fingerprint density at radius 2 is 1.63 bits per heavy atom. The minimum absolute atomic E-state index is 0.0989. The van der Waals surface area contributed by atoms with Gasteiger partial charge in [0.2, 0.25) is 5.91 Å². The van der Waals surface area contributed by atoms with Crippen LogP contribution in [0.5, 0.6) is 11.5 Å². The van der Waals surface area contributed by atoms with E-state index in [1.54, 1.807) is 37.4 Å². The molecule has 5 heteroatoms. The molecule has 0 saturated heterocycles. The van der Waals surface area contributed by atoms with Crippen molar-refractivity contribution in [3.05, 3.63) is 77.3 Å². The molecule has 0 bridgehead atoms. The molecular formula is C22H20ClNO3. The van der Waals surface area contributed by atoms with Gasteiger partial charge in [-0.15, -0.1) is 0 Å². The average molecular weight is 382 g/mol. The van der Waals surface area contributed by atoms with Crippen molar-refractivity contribution in [1.29, 1.82) is 0 Å². The van der Waals surface area contributed by atoms with Gasteiger partial charge < -0.3 is 15.2 Å². The average Bonchev–Trinajstić information content (AvgIpc) is 2.68. The van der Waals surface area contributed by atoms with E-state index in [9.17, 15) is 9.90 Å². The fraction of sp³-hybridized carbons (Fsp3) is 0.136. The number of carbonyl (C=O) groups is 1. The molecule has 3 aromatic rings. The maximum Gasteiger partial charge on any atom is 0.224 e. The number of hydrogen-bond donors (Lipinski definition) is 2. The Morgan fingerprint density at radius 3 is 2.26 bits per heavy atom. The summed E-state index contributed by atoms with van der Waals surface area (Å²) in [6.45, 7) is 0. The van der Waals surface area contributed by atoms with Gasteiger partial charge in [0.05, 0.1) is 12.8 Å². The van der Waals surface area contributed by atoms with Crippen molar-refractivity contribution in [2.75, 3.05) is 12.4 Å². The number of amides is 1. The van der Waals surface area contributed by atoms with Gasteiger partial charge >= 0.3 is 0 Å². The fourth-order valence-corrected chi connectivity index (χ4v) is 2.94. The first-order valence-electron chi connectivity index (χ1n) is 8.57. The van der Waals surface area contributed by atoms with Crippen LogP contribution >= 0.6 is 11.6 Å². The third-order valence-electron chi connectivity index (χ3n) is 4.23. The van der Waals surface area contributed by atoms with Crippen LogP contribution in [-0.4, -0.2) is 18.1 Å². The zero-order valence-electron chi connectivity index (χ0n) is 14.9. The zero-order chi connectivity index (χ0) is 19.2. The summed E-state index contributed by atoms with van der Waals surface area (Å²) in [5.74, 6) is 0.724. The Balaban J connectivity index is 1.59. The van der Waals surface area contributed by atoms with E-state index in [-0.39, 0.29) is 11.7 Å². The Bertz CT molecular complexity index is 921. The molecule has 0 unspecified atom stereocenters. The number of halogens is 1. The molecule has 4 nitrogen and oxygen atoms in total. The van der Waals surface area contributed by atoms with Crippen molar-refractivity contribution in [2.24, 2.45) is 0 Å². The number of aromatic hydroxyl groups is 1. The number of anilines is 1. The summed E-state index contributed by atoms with van der Waals surface area (Å²) in [5, 5.41) is 12.8. The van der Waals surface area contributed by atoms with E-state index in [2.05, 4.69) is 5.32 Å². The van der Waals surface area contributed by atoms with Crippen LogP contribution in [0.2, 0.25) is 5.02 Å². The molecule has 0 heterocycles. The van der Waals surface area contributed by atoms with Crippen LogP contribution in [-0.2, 0) is 11.2 Å². The molecule has 2 N–H and O–H groups in total. The van der Waals surface area contributed by atoms with Crippen molar-refractivity contribution in [3.63, 3.8) is 0 Å². The molecule has 0 aliphatic carbocycles. The van der Waals surface area contributed by atoms with Crippen molar-refractivity contribution in [2.45, 2.75) is 12.8 Å². The normalized spacial score (nSPS) is 10.4. The van der Waals surface area contributed by atoms with Gasteiger partial charge in [-0.2, -0.15) is 0 Å². The summed E-state index contributed by atoms with van der Waals surface area (Å²) in [4.78, 5) is 12.3. The molecule has 3 rings (SSSR count). The first kappa shape index (κ1) is 18.8. The predicted octanol–water partition coefficient (Wildman–Crippen LogP) is 5.29. The molecule has 1 amide bonds. The van der Waals surface area contributed by atoms with E-state index in [4.69, 9.17) is 16.3 Å². The molecule has 0 fully saturated rings. The van der Waals surface area contributed by atoms with Crippen molar-refractivity contribution < 1.29 is 14.6 Å². The van der Waals surface area contributed by atoms with E-state index in [0.29, 0.717) is 29.3 Å². The largest absolute Gasteiger partial charge is 0.508 e. The first-order valence-corrected chi connectivity index (χ1v) is 8.94. The van der Waals surface area contributed by atoms with Crippen LogP contribution < -0.4 is 10.1 Å². The van der Waals surface area contributed by atoms with Gasteiger partial charge in [-0.3, -0.25) is 4.79 Å². The molecule has 3 aromatic carbocycles. The first-order chi connectivity index (χ1) is 13.0. The molecule has 138 valence electrons. The van der Waals surface area contributed by atoms with Crippen LogP contribution in [0, 0.1) is 0 Å². The van der Waals surface area contributed by atoms with E-state index in [1.165, 1.54) is 0 Å². The lowest BCUT2D eigenvalue weighted by atomic mass is 10.0. The molecule has 27 heavy (non-hydrogen) atoms. The van der Waals surface area contributed by atoms with Gasteiger partial charge in [0.15, 0.2) is 0 Å². The molecule has 0 aliphatic heterocycles. The van der Waals surface area contributed by atoms with Crippen molar-refractivity contribution >= 4 is 23.2 Å². The van der Waals surface area contributed by atoms with Crippen molar-refractivity contribution in [3.8, 4) is 22.6 Å². The number of carbonyl (C=O) groups excluding carboxylic acids is 1. The molecule has 0 atom stereocenters. The van der Waals surface area contributed by atoms with Gasteiger partial charge in [0.25, 0.3) is 0 Å². The second kappa shape index (κ2) is 8.60. The smallest absolute Gasteiger partial charge is 0.224 e. The third kappa shape index (κ3) is 5.02. The molecule has 0 aliphatic rings. The number of benzene rings is 3. The van der Waals surface area contributed by atoms with E-state index < -0.39 is 0 Å². The van der Waals surface area contributed by atoms with Gasteiger partial charge in [-0.25, -0.2) is 0 Å². The number of hydrogen-bond acceptors (Lipinski definition) is 3. The number of ether oxygens (including phenoxy) is 1. The second-order valence-corrected chi connectivity index (χ2v) is 6.57. The maximum atomic E-state index is 12.3. The molecular weight excluding hydrogens is 362 g/mol. The molecule has 0 saturated carbocycles. The third-order valence-corrected chi connectivity index (χ3v) is 4.47. The lowest BCUT2D eigenvalue weighted by Gasteiger charge is -2.10. The van der Waals surface area contributed by atoms with Crippen LogP contribution in [0.25, 0.3) is 11.1 Å². The Hall–Kier alpha value is -2.98. The SMILES string of the molecule is COc1ccc(Cl)cc1NC(=O)CCc1ccc(-c2ccc(O)cc2)cc1. The van der Waals surface area contributed by atoms with E-state index in [1.807, 2.05) is 36.4 Å². The van der Waals surface area contributed by atoms with Gasteiger partial charge in [-0.05, 0) is 53.4 Å². The van der Waals surface area contributed by atoms with Crippen LogP contribution in [0.1, 0.15) is 12.0 Å². The topological polar surface area (TPSA) is 58.6 Å². The fourth-order valence-electron chi connectivity index (χ4n) is 2.77. The summed E-state index contributed by atoms with van der Waals surface area (Å²) >= 11 is 5.98. The van der Waals surface area contributed by atoms with Crippen molar-refractivity contribution in [1.82, 2.24) is 0 Å². The number of methoxy groups -OCH3 is 1. The highest BCUT2D eigenvalue weighted by molar-refractivity contribution is 6.31. The number of phenols is 1. The van der Waals surface area contributed by atoms with Gasteiger partial charge in [-0.1, -0.05) is 48.0 Å². The van der Waals surface area contributed by atoms with Crippen LogP contribution in [0.15, 0.2) is 66.7 Å². The van der Waals surface area contributed by atoms with E-state index >= 15 is 0 Å². The monoisotopic (exact) mass is 381 g/mol. The zero-order valence-corrected chi connectivity index (χ0v) is 15.7. The quantitative estimate of drug-likeness (QED) is 0.609. The number of phenolic OH excluding ortho intramolecular Hbond substituents is 1. The maximum absolute atomic E-state index is 12.3. The summed E-state index contributed by atoms with van der Waals surface area (Å²) in [6, 6.07) is 20.2. The minimum Gasteiger partial charge on any atom is -0.508 e. The summed E-state index contributed by atoms with van der Waals surface area (Å²) in [6.07, 6.45) is 0.985. The highest BCUT2D eigenvalue weighted by Gasteiger charge is 2.09. The molecule has 0 spiro atoms. The molecule has 0 aromatic heterocycles. The number of rotatable bonds is 6. The second-order valence-electron chi connectivity index (χ2n) is 6.14. The lowest BCUT2D eigenvalue weighted by molar-refractivity contribution is -0.116. The lowest BCUT2D eigenvalue weighted by Crippen LogP contribution is -2.13. The standard InChI is InChI=1S/C22H20ClNO3/c1-27-21-12-9-18(23)14-20(21)24-22(26)13-4-15-2-5-16(6-3-15)17-7-10-19(25)11-8-17/h2-3,5-12,14,25H,4,13H2,1H3,(H,24,26). The Kier molecular flexibility index (Phi) is 5.99. The van der Waals surface area contributed by atoms with Crippen LogP contribution in [0.3, 0.4) is 0 Å². The number of nitrogens with one attached hydrogen (secondary N) is 1. The highest BCUT2D eigenvalue weighted by Crippen LogP contribution is 2.28. The van der Waals surface area contributed by atoms with Gasteiger partial charge in [0.1, 0.15) is 11.5 Å². The highest BCUT2D eigenvalue weighted by atomic mass is 35.5. The van der Waals surface area contributed by atoms with Gasteiger partial charge in [0, 0.05) is 11.4 Å². The van der Waals surface area contributed by atoms with E-state index in [0.717, 1.165) is 16.7 Å². The summed E-state index contributed by atoms with van der Waals surface area (Å²) in [7, 11) is 1.55. The molecule has 0 radical (unpaired) electrons. The number of aryl methyl sites for hydroxylation is 1. The summed E-state index contributed by atoms with van der Waals surface area (Å²) in [5.41, 5.74) is 3.74. The Labute approximate surface area is 163 Å². The Morgan fingerprint density at radius 1 is 1.00 bits per heavy atom. The predicted molar refractivity (Wildman–Crippen MR) is 108 cm³/mol. The van der Waals surface area contributed by atoms with Crippen LogP contribution in [0.4, 0.5) is 5.69 Å². The summed E-state index contributed by atoms with van der Waals surface area (Å²) < 4.78 is 5.24. The minimum atomic E-state index is -0.0989.